The number of pyridine rings is 1. The van der Waals surface area contributed by atoms with Gasteiger partial charge >= 0.3 is 0 Å². The first kappa shape index (κ1) is 25.1. The van der Waals surface area contributed by atoms with E-state index in [1.54, 1.807) is 20.4 Å². The van der Waals surface area contributed by atoms with Crippen LogP contribution in [0.4, 0.5) is 5.69 Å². The number of hydrogen-bond donors (Lipinski definition) is 1. The van der Waals surface area contributed by atoms with Gasteiger partial charge in [-0.25, -0.2) is 0 Å². The number of methoxy groups -OCH3 is 2. The zero-order chi connectivity index (χ0) is 25.8. The molecule has 2 aromatic carbocycles. The predicted octanol–water partition coefficient (Wildman–Crippen LogP) is 5.74. The third-order valence-electron chi connectivity index (χ3n) is 6.25. The molecule has 3 heterocycles. The van der Waals surface area contributed by atoms with E-state index in [1.807, 2.05) is 66.9 Å². The molecule has 190 valence electrons. The first-order valence-corrected chi connectivity index (χ1v) is 12.6. The maximum atomic E-state index is 6.63. The van der Waals surface area contributed by atoms with E-state index in [0.717, 1.165) is 28.5 Å². The normalized spacial score (nSPS) is 17.1. The van der Waals surface area contributed by atoms with Crippen LogP contribution >= 0.6 is 23.8 Å². The summed E-state index contributed by atoms with van der Waals surface area (Å²) in [6, 6.07) is 23.3. The zero-order valence-corrected chi connectivity index (χ0v) is 22.1. The fourth-order valence-electron chi connectivity index (χ4n) is 4.56. The Morgan fingerprint density at radius 2 is 1.86 bits per heavy atom. The highest BCUT2D eigenvalue weighted by atomic mass is 35.5. The van der Waals surface area contributed by atoms with Crippen molar-refractivity contribution in [1.29, 1.82) is 0 Å². The highest BCUT2D eigenvalue weighted by Crippen LogP contribution is 2.43. The van der Waals surface area contributed by atoms with E-state index in [1.165, 1.54) is 0 Å². The van der Waals surface area contributed by atoms with Crippen LogP contribution in [-0.2, 0) is 4.74 Å². The molecule has 4 aromatic rings. The average Bonchev–Trinajstić information content (AvgIpc) is 3.54. The van der Waals surface area contributed by atoms with E-state index < -0.39 is 0 Å². The number of nitrogens with zero attached hydrogens (tertiary/aromatic N) is 3. The molecule has 2 unspecified atom stereocenters. The minimum Gasteiger partial charge on any atom is -0.497 e. The number of thiocarbonyl (C=S) groups is 1. The van der Waals surface area contributed by atoms with E-state index >= 15 is 0 Å². The number of hydrogen-bond acceptors (Lipinski definition) is 5. The van der Waals surface area contributed by atoms with Crippen LogP contribution in [0, 0.1) is 0 Å². The van der Waals surface area contributed by atoms with Gasteiger partial charge in [0.1, 0.15) is 24.1 Å². The Kier molecular flexibility index (Phi) is 7.60. The second-order valence-corrected chi connectivity index (χ2v) is 9.25. The summed E-state index contributed by atoms with van der Waals surface area (Å²) in [5.74, 6) is 1.38. The van der Waals surface area contributed by atoms with E-state index in [2.05, 4.69) is 31.9 Å². The Morgan fingerprint density at radius 3 is 2.62 bits per heavy atom. The number of aromatic nitrogens is 2. The highest BCUT2D eigenvalue weighted by molar-refractivity contribution is 7.80. The molecule has 5 rings (SSSR count). The van der Waals surface area contributed by atoms with Crippen molar-refractivity contribution in [2.75, 3.05) is 32.3 Å². The summed E-state index contributed by atoms with van der Waals surface area (Å²) in [5.41, 5.74) is 3.76. The summed E-state index contributed by atoms with van der Waals surface area (Å²) in [4.78, 5) is 6.74. The second kappa shape index (κ2) is 11.2. The summed E-state index contributed by atoms with van der Waals surface area (Å²) in [6.07, 6.45) is 3.84. The van der Waals surface area contributed by atoms with Crippen molar-refractivity contribution in [3.63, 3.8) is 0 Å². The molecular weight excluding hydrogens is 508 g/mol. The van der Waals surface area contributed by atoms with Gasteiger partial charge in [0, 0.05) is 42.6 Å². The fourth-order valence-corrected chi connectivity index (χ4v) is 5.13. The first-order chi connectivity index (χ1) is 18.1. The van der Waals surface area contributed by atoms with Gasteiger partial charge < -0.3 is 29.0 Å². The van der Waals surface area contributed by atoms with Crippen molar-refractivity contribution in [2.24, 2.45) is 0 Å². The van der Waals surface area contributed by atoms with Crippen LogP contribution in [0.2, 0.25) is 5.02 Å². The fraction of sp³-hybridized carbons (Fsp3) is 0.214. The third-order valence-corrected chi connectivity index (χ3v) is 6.86. The Morgan fingerprint density at radius 1 is 0.973 bits per heavy atom. The minimum absolute atomic E-state index is 0.190. The predicted molar refractivity (Wildman–Crippen MR) is 149 cm³/mol. The molecule has 9 heteroatoms. The Labute approximate surface area is 226 Å². The summed E-state index contributed by atoms with van der Waals surface area (Å²) >= 11 is 12.5. The van der Waals surface area contributed by atoms with Gasteiger partial charge in [0.25, 0.3) is 0 Å². The van der Waals surface area contributed by atoms with Crippen LogP contribution in [0.15, 0.2) is 85.2 Å². The molecule has 7 nitrogen and oxygen atoms in total. The lowest BCUT2D eigenvalue weighted by Crippen LogP contribution is -2.30. The van der Waals surface area contributed by atoms with Crippen molar-refractivity contribution in [2.45, 2.75) is 12.1 Å². The molecule has 2 atom stereocenters. The van der Waals surface area contributed by atoms with Crippen LogP contribution < -0.4 is 19.7 Å². The SMILES string of the molecule is COCCOc1ccc(N2C(=S)NC(c3ccccn3)C2c2cccn2-c2cccc(OC)c2)cc1Cl. The van der Waals surface area contributed by atoms with Crippen molar-refractivity contribution >= 4 is 34.6 Å². The Bertz CT molecular complexity index is 1380. The zero-order valence-electron chi connectivity index (χ0n) is 20.5. The van der Waals surface area contributed by atoms with Crippen LogP contribution in [0.3, 0.4) is 0 Å². The molecule has 0 spiro atoms. The standard InChI is InChI=1S/C28H27ClN4O3S/c1-34-15-16-36-25-12-11-20(18-22(25)29)33-27(26(31-28(33)37)23-9-3-4-13-30-23)24-10-6-14-32(24)19-7-5-8-21(17-19)35-2/h3-14,17-18,26-27H,15-16H2,1-2H3,(H,31,37). The molecule has 0 saturated carbocycles. The summed E-state index contributed by atoms with van der Waals surface area (Å²) < 4.78 is 18.5. The lowest BCUT2D eigenvalue weighted by molar-refractivity contribution is 0.146. The summed E-state index contributed by atoms with van der Waals surface area (Å²) in [6.45, 7) is 0.894. The molecule has 0 radical (unpaired) electrons. The topological polar surface area (TPSA) is 60.8 Å². The maximum Gasteiger partial charge on any atom is 0.174 e. The van der Waals surface area contributed by atoms with Crippen LogP contribution in [0.25, 0.3) is 5.69 Å². The van der Waals surface area contributed by atoms with Crippen molar-refractivity contribution < 1.29 is 14.2 Å². The van der Waals surface area contributed by atoms with Crippen LogP contribution in [0.1, 0.15) is 23.5 Å². The summed E-state index contributed by atoms with van der Waals surface area (Å²) in [5, 5.41) is 4.59. The molecule has 1 fully saturated rings. The molecule has 0 amide bonds. The largest absolute Gasteiger partial charge is 0.497 e. The second-order valence-electron chi connectivity index (χ2n) is 8.46. The first-order valence-electron chi connectivity index (χ1n) is 11.8. The van der Waals surface area contributed by atoms with E-state index in [9.17, 15) is 0 Å². The van der Waals surface area contributed by atoms with Gasteiger partial charge in [0.2, 0.25) is 0 Å². The van der Waals surface area contributed by atoms with Crippen LogP contribution in [0.5, 0.6) is 11.5 Å². The third kappa shape index (κ3) is 5.13. The molecule has 1 N–H and O–H groups in total. The maximum absolute atomic E-state index is 6.63. The number of halogens is 1. The quantitative estimate of drug-likeness (QED) is 0.217. The van der Waals surface area contributed by atoms with Crippen molar-refractivity contribution in [1.82, 2.24) is 14.9 Å². The number of ether oxygens (including phenoxy) is 3. The molecule has 2 aromatic heterocycles. The van der Waals surface area contributed by atoms with Crippen molar-refractivity contribution in [3.8, 4) is 17.2 Å². The number of benzene rings is 2. The lowest BCUT2D eigenvalue weighted by Gasteiger charge is -2.29. The van der Waals surface area contributed by atoms with E-state index in [0.29, 0.717) is 29.1 Å². The molecule has 0 bridgehead atoms. The summed E-state index contributed by atoms with van der Waals surface area (Å²) in [7, 11) is 3.30. The molecule has 1 aliphatic heterocycles. The number of rotatable bonds is 9. The Hall–Kier alpha value is -3.59. The highest BCUT2D eigenvalue weighted by Gasteiger charge is 2.42. The van der Waals surface area contributed by atoms with Crippen LogP contribution in [-0.4, -0.2) is 42.1 Å². The lowest BCUT2D eigenvalue weighted by atomic mass is 10.0. The monoisotopic (exact) mass is 534 g/mol. The van der Waals surface area contributed by atoms with Gasteiger partial charge in [-0.1, -0.05) is 23.7 Å². The van der Waals surface area contributed by atoms with Crippen molar-refractivity contribution in [3.05, 3.63) is 102 Å². The van der Waals surface area contributed by atoms with E-state index in [4.69, 9.17) is 38.0 Å². The number of anilines is 1. The molecule has 1 saturated heterocycles. The van der Waals surface area contributed by atoms with Gasteiger partial charge in [0.05, 0.1) is 30.5 Å². The number of nitrogens with one attached hydrogen (secondary N) is 1. The van der Waals surface area contributed by atoms with Gasteiger partial charge in [-0.05, 0) is 66.8 Å². The average molecular weight is 535 g/mol. The molecule has 0 aliphatic carbocycles. The van der Waals surface area contributed by atoms with Gasteiger partial charge in [-0.2, -0.15) is 0 Å². The van der Waals surface area contributed by atoms with E-state index in [-0.39, 0.29) is 12.1 Å². The minimum atomic E-state index is -0.208. The van der Waals surface area contributed by atoms with Gasteiger partial charge in [-0.15, -0.1) is 0 Å². The molecular formula is C28H27ClN4O3S. The Balaban J connectivity index is 1.59. The molecule has 1 aliphatic rings. The smallest absolute Gasteiger partial charge is 0.174 e. The van der Waals surface area contributed by atoms with Gasteiger partial charge in [-0.3, -0.25) is 4.98 Å². The molecule has 37 heavy (non-hydrogen) atoms. The van der Waals surface area contributed by atoms with Gasteiger partial charge in [0.15, 0.2) is 5.11 Å².